The predicted molar refractivity (Wildman–Crippen MR) is 91.5 cm³/mol. The summed E-state index contributed by atoms with van der Waals surface area (Å²) in [5.74, 6) is 0.245. The summed E-state index contributed by atoms with van der Waals surface area (Å²) in [5, 5.41) is 3.65. The molecule has 2 rings (SSSR count). The van der Waals surface area contributed by atoms with E-state index in [1.165, 1.54) is 6.07 Å². The van der Waals surface area contributed by atoms with Gasteiger partial charge < -0.3 is 19.2 Å². The molecule has 6 nitrogen and oxygen atoms in total. The van der Waals surface area contributed by atoms with Crippen LogP contribution in [0, 0.1) is 0 Å². The minimum absolute atomic E-state index is 0.0858. The summed E-state index contributed by atoms with van der Waals surface area (Å²) in [6, 6.07) is 6.70. The van der Waals surface area contributed by atoms with Gasteiger partial charge in [-0.15, -0.1) is 0 Å². The van der Waals surface area contributed by atoms with E-state index in [-0.39, 0.29) is 24.2 Å². The molecule has 0 fully saturated rings. The molecule has 1 atom stereocenters. The molecule has 2 aromatic rings. The number of nitrogens with one attached hydrogen (secondary N) is 1. The number of fused-ring (bicyclic) bond motifs is 1. The quantitative estimate of drug-likeness (QED) is 0.750. The maximum Gasteiger partial charge on any atom is 0.336 e. The number of rotatable bonds is 8. The summed E-state index contributed by atoms with van der Waals surface area (Å²) in [6.45, 7) is 4.23. The fraction of sp³-hybridized carbons (Fsp3) is 0.444. The molecule has 0 aliphatic rings. The lowest BCUT2D eigenvalue weighted by Gasteiger charge is -2.13. The van der Waals surface area contributed by atoms with E-state index < -0.39 is 0 Å². The van der Waals surface area contributed by atoms with E-state index in [9.17, 15) is 9.59 Å². The van der Waals surface area contributed by atoms with Crippen LogP contribution in [0.25, 0.3) is 11.0 Å². The molecule has 0 saturated carbocycles. The fourth-order valence-electron chi connectivity index (χ4n) is 2.53. The second-order valence-corrected chi connectivity index (χ2v) is 5.71. The van der Waals surface area contributed by atoms with Crippen molar-refractivity contribution in [1.82, 2.24) is 5.32 Å². The van der Waals surface area contributed by atoms with Crippen LogP contribution in [0.3, 0.4) is 0 Å². The third-order valence-corrected chi connectivity index (χ3v) is 3.51. The zero-order valence-corrected chi connectivity index (χ0v) is 14.3. The van der Waals surface area contributed by atoms with Gasteiger partial charge in [0.25, 0.3) is 5.91 Å². The van der Waals surface area contributed by atoms with Crippen molar-refractivity contribution in [2.24, 2.45) is 0 Å². The van der Waals surface area contributed by atoms with Gasteiger partial charge in [0.15, 0.2) is 6.61 Å². The van der Waals surface area contributed by atoms with Gasteiger partial charge in [0.1, 0.15) is 11.3 Å². The van der Waals surface area contributed by atoms with Crippen molar-refractivity contribution in [2.45, 2.75) is 32.7 Å². The van der Waals surface area contributed by atoms with Gasteiger partial charge in [-0.2, -0.15) is 0 Å². The summed E-state index contributed by atoms with van der Waals surface area (Å²) >= 11 is 0. The van der Waals surface area contributed by atoms with E-state index >= 15 is 0 Å². The molecule has 0 bridgehead atoms. The lowest BCUT2D eigenvalue weighted by atomic mass is 10.1. The van der Waals surface area contributed by atoms with Crippen molar-refractivity contribution < 1.29 is 18.7 Å². The topological polar surface area (TPSA) is 77.8 Å². The smallest absolute Gasteiger partial charge is 0.336 e. The number of aryl methyl sites for hydroxylation is 1. The van der Waals surface area contributed by atoms with Crippen molar-refractivity contribution in [1.29, 1.82) is 0 Å². The van der Waals surface area contributed by atoms with Gasteiger partial charge in [0.05, 0.1) is 6.61 Å². The van der Waals surface area contributed by atoms with Crippen LogP contribution in [0.5, 0.6) is 5.75 Å². The standard InChI is InChI=1S/C18H23NO5/c1-4-5-13-8-18(21)24-16-9-14(6-7-15(13)16)23-11-17(20)19-12(2)10-22-3/h6-9,12H,4-5,10-11H2,1-3H3,(H,19,20). The van der Waals surface area contributed by atoms with Crippen molar-refractivity contribution in [3.63, 3.8) is 0 Å². The van der Waals surface area contributed by atoms with Crippen LogP contribution in [-0.4, -0.2) is 32.3 Å². The van der Waals surface area contributed by atoms with Gasteiger partial charge in [-0.25, -0.2) is 4.79 Å². The van der Waals surface area contributed by atoms with E-state index in [2.05, 4.69) is 12.2 Å². The number of methoxy groups -OCH3 is 1. The minimum Gasteiger partial charge on any atom is -0.484 e. The first-order valence-corrected chi connectivity index (χ1v) is 8.01. The number of hydrogen-bond acceptors (Lipinski definition) is 5. The van der Waals surface area contributed by atoms with Gasteiger partial charge in [-0.05, 0) is 31.0 Å². The van der Waals surface area contributed by atoms with Gasteiger partial charge in [-0.1, -0.05) is 13.3 Å². The van der Waals surface area contributed by atoms with Crippen molar-refractivity contribution in [3.05, 3.63) is 40.2 Å². The molecule has 1 aromatic carbocycles. The van der Waals surface area contributed by atoms with E-state index in [0.717, 1.165) is 23.8 Å². The van der Waals surface area contributed by atoms with E-state index in [1.54, 1.807) is 19.2 Å². The maximum absolute atomic E-state index is 11.8. The molecule has 0 spiro atoms. The Morgan fingerprint density at radius 1 is 1.33 bits per heavy atom. The molecule has 130 valence electrons. The zero-order chi connectivity index (χ0) is 17.5. The Morgan fingerprint density at radius 2 is 2.12 bits per heavy atom. The Hall–Kier alpha value is -2.34. The second-order valence-electron chi connectivity index (χ2n) is 5.71. The zero-order valence-electron chi connectivity index (χ0n) is 14.3. The fourth-order valence-corrected chi connectivity index (χ4v) is 2.53. The number of carbonyl (C=O) groups excluding carboxylic acids is 1. The molecule has 1 heterocycles. The highest BCUT2D eigenvalue weighted by Gasteiger charge is 2.10. The predicted octanol–water partition coefficient (Wildman–Crippen LogP) is 2.28. The molecule has 0 aliphatic heterocycles. The highest BCUT2D eigenvalue weighted by atomic mass is 16.5. The summed E-state index contributed by atoms with van der Waals surface area (Å²) in [7, 11) is 1.58. The third-order valence-electron chi connectivity index (χ3n) is 3.51. The van der Waals surface area contributed by atoms with E-state index in [1.807, 2.05) is 13.0 Å². The summed E-state index contributed by atoms with van der Waals surface area (Å²) in [4.78, 5) is 23.4. The van der Waals surface area contributed by atoms with Crippen molar-refractivity contribution >= 4 is 16.9 Å². The molecule has 1 amide bonds. The summed E-state index contributed by atoms with van der Waals surface area (Å²) in [5.41, 5.74) is 1.05. The van der Waals surface area contributed by atoms with E-state index in [0.29, 0.717) is 17.9 Å². The van der Waals surface area contributed by atoms with Crippen LogP contribution in [-0.2, 0) is 16.0 Å². The normalized spacial score (nSPS) is 12.1. The highest BCUT2D eigenvalue weighted by Crippen LogP contribution is 2.23. The molecular formula is C18H23NO5. The number of hydrogen-bond donors (Lipinski definition) is 1. The Kier molecular flexibility index (Phi) is 6.37. The van der Waals surface area contributed by atoms with Crippen LogP contribution >= 0.6 is 0 Å². The van der Waals surface area contributed by atoms with Gasteiger partial charge in [-0.3, -0.25) is 4.79 Å². The molecule has 6 heteroatoms. The van der Waals surface area contributed by atoms with Crippen molar-refractivity contribution in [2.75, 3.05) is 20.3 Å². The SMILES string of the molecule is CCCc1cc(=O)oc2cc(OCC(=O)NC(C)COC)ccc12. The number of amides is 1. The van der Waals surface area contributed by atoms with Gasteiger partial charge >= 0.3 is 5.63 Å². The molecule has 1 N–H and O–H groups in total. The highest BCUT2D eigenvalue weighted by molar-refractivity contribution is 5.82. The van der Waals surface area contributed by atoms with Gasteiger partial charge in [0, 0.05) is 30.7 Å². The van der Waals surface area contributed by atoms with Crippen LogP contribution in [0.4, 0.5) is 0 Å². The Bertz CT molecular complexity index is 753. The summed E-state index contributed by atoms with van der Waals surface area (Å²) < 4.78 is 15.7. The van der Waals surface area contributed by atoms with Crippen molar-refractivity contribution in [3.8, 4) is 5.75 Å². The largest absolute Gasteiger partial charge is 0.484 e. The lowest BCUT2D eigenvalue weighted by Crippen LogP contribution is -2.38. The van der Waals surface area contributed by atoms with Crippen LogP contribution in [0.15, 0.2) is 33.5 Å². The van der Waals surface area contributed by atoms with Crippen LogP contribution in [0.1, 0.15) is 25.8 Å². The Labute approximate surface area is 140 Å². The average molecular weight is 333 g/mol. The lowest BCUT2D eigenvalue weighted by molar-refractivity contribution is -0.124. The number of carbonyl (C=O) groups is 1. The molecule has 0 aliphatic carbocycles. The first-order chi connectivity index (χ1) is 11.5. The van der Waals surface area contributed by atoms with E-state index in [4.69, 9.17) is 13.9 Å². The third kappa shape index (κ3) is 4.83. The van der Waals surface area contributed by atoms with Crippen LogP contribution < -0.4 is 15.7 Å². The molecule has 0 radical (unpaired) electrons. The molecule has 24 heavy (non-hydrogen) atoms. The number of benzene rings is 1. The molecule has 1 unspecified atom stereocenters. The van der Waals surface area contributed by atoms with Crippen LogP contribution in [0.2, 0.25) is 0 Å². The Morgan fingerprint density at radius 3 is 2.83 bits per heavy atom. The minimum atomic E-state index is -0.380. The Balaban J connectivity index is 2.08. The number of ether oxygens (including phenoxy) is 2. The maximum atomic E-state index is 11.8. The second kappa shape index (κ2) is 8.49. The average Bonchev–Trinajstić information content (AvgIpc) is 2.53. The monoisotopic (exact) mass is 333 g/mol. The first-order valence-electron chi connectivity index (χ1n) is 8.01. The van der Waals surface area contributed by atoms with Gasteiger partial charge in [0.2, 0.25) is 0 Å². The molecule has 0 saturated heterocycles. The molecular weight excluding hydrogens is 310 g/mol. The summed E-state index contributed by atoms with van der Waals surface area (Å²) in [6.07, 6.45) is 1.75. The molecule has 1 aromatic heterocycles. The first kappa shape index (κ1) is 18.0.